The third kappa shape index (κ3) is 8.17. The zero-order valence-corrected chi connectivity index (χ0v) is 28.2. The summed E-state index contributed by atoms with van der Waals surface area (Å²) in [5.41, 5.74) is 1.98. The van der Waals surface area contributed by atoms with Crippen molar-refractivity contribution in [3.8, 4) is 17.2 Å². The van der Waals surface area contributed by atoms with Crippen LogP contribution in [0.4, 0.5) is 8.78 Å². The molecule has 2 fully saturated rings. The van der Waals surface area contributed by atoms with Crippen LogP contribution >= 0.6 is 35.0 Å². The number of ether oxygens (including phenoxy) is 4. The Morgan fingerprint density at radius 2 is 1.83 bits per heavy atom. The van der Waals surface area contributed by atoms with Gasteiger partial charge in [-0.2, -0.15) is 13.1 Å². The monoisotopic (exact) mass is 717 g/mol. The minimum Gasteiger partial charge on any atom is -0.495 e. The number of nitrogens with one attached hydrogen (secondary N) is 1. The normalized spacial score (nSPS) is 17.6. The molecular weight excluding hydrogens is 685 g/mol. The minimum absolute atomic E-state index is 0.0474. The van der Waals surface area contributed by atoms with E-state index < -0.39 is 33.9 Å². The van der Waals surface area contributed by atoms with E-state index in [0.29, 0.717) is 39.4 Å². The standard InChI is InChI=1S/C31H32Cl2F2N2O7S2/c1-18-3-8-28(27(11-18)41-2)46(39,40)37-9-10-45-29(37)30(38)43-17-21(12-22-23(32)14-36-15-24(22)33)20-6-7-25(44-31(34)35)26(13-20)42-16-19-4-5-19/h3,6-8,11,13-15,19,21,29,31H,4-5,9-10,12,16-17H2,1-2H3/p+1/t21-,29+/m1/s1. The zero-order valence-electron chi connectivity index (χ0n) is 25.0. The molecule has 0 unspecified atom stereocenters. The number of pyridine rings is 1. The number of esters is 1. The highest BCUT2D eigenvalue weighted by molar-refractivity contribution is 8.02. The van der Waals surface area contributed by atoms with Crippen LogP contribution in [0.5, 0.6) is 17.2 Å². The number of aryl methyl sites for hydroxylation is 1. The van der Waals surface area contributed by atoms with Gasteiger partial charge < -0.3 is 18.9 Å². The number of nitrogens with zero attached hydrogens (tertiary/aromatic N) is 1. The second kappa shape index (κ2) is 14.9. The summed E-state index contributed by atoms with van der Waals surface area (Å²) in [6, 6.07) is 9.29. The molecule has 0 radical (unpaired) electrons. The molecule has 2 aliphatic rings. The van der Waals surface area contributed by atoms with E-state index in [0.717, 1.165) is 34.5 Å². The number of benzene rings is 2. The van der Waals surface area contributed by atoms with Crippen molar-refractivity contribution in [2.75, 3.05) is 32.6 Å². The molecule has 1 N–H and O–H groups in total. The number of sulfonamides is 1. The Labute approximate surface area is 280 Å². The largest absolute Gasteiger partial charge is 0.495 e. The molecule has 248 valence electrons. The lowest BCUT2D eigenvalue weighted by atomic mass is 9.92. The summed E-state index contributed by atoms with van der Waals surface area (Å²) >= 11 is 14.1. The number of aromatic nitrogens is 1. The lowest BCUT2D eigenvalue weighted by Gasteiger charge is -2.25. The quantitative estimate of drug-likeness (QED) is 0.183. The van der Waals surface area contributed by atoms with Gasteiger partial charge in [0.2, 0.25) is 10.0 Å². The van der Waals surface area contributed by atoms with E-state index in [1.807, 2.05) is 6.92 Å². The molecule has 15 heteroatoms. The van der Waals surface area contributed by atoms with Crippen molar-refractivity contribution in [3.05, 3.63) is 75.5 Å². The fourth-order valence-corrected chi connectivity index (χ4v) is 8.75. The van der Waals surface area contributed by atoms with Gasteiger partial charge in [0, 0.05) is 23.8 Å². The van der Waals surface area contributed by atoms with E-state index in [1.165, 1.54) is 19.2 Å². The third-order valence-electron chi connectivity index (χ3n) is 7.66. The number of alkyl halides is 2. The molecule has 46 heavy (non-hydrogen) atoms. The summed E-state index contributed by atoms with van der Waals surface area (Å²) in [5.74, 6) is -0.388. The molecule has 1 aliphatic heterocycles. The summed E-state index contributed by atoms with van der Waals surface area (Å²) in [6.45, 7) is -0.973. The number of thioether (sulfide) groups is 1. The summed E-state index contributed by atoms with van der Waals surface area (Å²) in [6.07, 6.45) is 5.32. The first kappa shape index (κ1) is 34.5. The maximum absolute atomic E-state index is 13.7. The van der Waals surface area contributed by atoms with E-state index in [1.54, 1.807) is 36.7 Å². The van der Waals surface area contributed by atoms with Gasteiger partial charge in [0.1, 0.15) is 20.7 Å². The van der Waals surface area contributed by atoms with Crippen molar-refractivity contribution < 1.29 is 45.9 Å². The first-order valence-corrected chi connectivity index (χ1v) is 17.7. The Bertz CT molecular complexity index is 1660. The second-order valence-corrected chi connectivity index (χ2v) is 14.9. The van der Waals surface area contributed by atoms with Gasteiger partial charge in [-0.3, -0.25) is 0 Å². The molecule has 2 heterocycles. The average molecular weight is 719 g/mol. The van der Waals surface area contributed by atoms with Gasteiger partial charge in [-0.25, -0.2) is 18.2 Å². The van der Waals surface area contributed by atoms with E-state index >= 15 is 0 Å². The zero-order chi connectivity index (χ0) is 33.0. The van der Waals surface area contributed by atoms with Crippen LogP contribution in [0.15, 0.2) is 53.7 Å². The predicted octanol–water partition coefficient (Wildman–Crippen LogP) is 6.15. The molecule has 3 aromatic rings. The van der Waals surface area contributed by atoms with Crippen LogP contribution in [-0.2, 0) is 26.0 Å². The molecule has 0 amide bonds. The van der Waals surface area contributed by atoms with Gasteiger partial charge >= 0.3 is 12.6 Å². The molecule has 0 spiro atoms. The number of carbonyl (C=O) groups is 1. The lowest BCUT2D eigenvalue weighted by Crippen LogP contribution is -2.40. The van der Waals surface area contributed by atoms with Crippen LogP contribution in [0.25, 0.3) is 0 Å². The Morgan fingerprint density at radius 1 is 1.09 bits per heavy atom. The average Bonchev–Trinajstić information content (AvgIpc) is 3.71. The van der Waals surface area contributed by atoms with E-state index in [4.69, 9.17) is 42.1 Å². The number of methoxy groups -OCH3 is 1. The number of rotatable bonds is 14. The highest BCUT2D eigenvalue weighted by atomic mass is 35.5. The second-order valence-electron chi connectivity index (χ2n) is 11.0. The van der Waals surface area contributed by atoms with Crippen LogP contribution < -0.4 is 19.2 Å². The summed E-state index contributed by atoms with van der Waals surface area (Å²) in [5, 5.41) is -0.431. The van der Waals surface area contributed by atoms with E-state index in [9.17, 15) is 22.0 Å². The Balaban J connectivity index is 1.40. The van der Waals surface area contributed by atoms with Gasteiger partial charge in [0.15, 0.2) is 29.3 Å². The van der Waals surface area contributed by atoms with Crippen LogP contribution in [0.2, 0.25) is 10.0 Å². The number of carbonyl (C=O) groups excluding carboxylic acids is 1. The SMILES string of the molecule is COc1cc(C)ccc1S(=O)(=O)N1CCS[C@H]1C(=O)OC[C@@H](Cc1c(Cl)c[nH+]cc1Cl)c1ccc(OC(F)F)c(OCC2CC2)c1. The van der Waals surface area contributed by atoms with Crippen molar-refractivity contribution in [1.82, 2.24) is 4.31 Å². The van der Waals surface area contributed by atoms with Crippen LogP contribution in [0.3, 0.4) is 0 Å². The number of halogens is 4. The molecule has 0 bridgehead atoms. The smallest absolute Gasteiger partial charge is 0.387 e. The molecule has 2 aromatic carbocycles. The molecular formula is C31H33Cl2F2N2O7S2+. The Morgan fingerprint density at radius 3 is 2.50 bits per heavy atom. The highest BCUT2D eigenvalue weighted by Crippen LogP contribution is 2.39. The maximum atomic E-state index is 13.7. The molecule has 2 atom stereocenters. The van der Waals surface area contributed by atoms with Crippen LogP contribution in [0.1, 0.15) is 35.4 Å². The van der Waals surface area contributed by atoms with Crippen LogP contribution in [-0.4, -0.2) is 63.3 Å². The summed E-state index contributed by atoms with van der Waals surface area (Å²) < 4.78 is 76.5. The minimum atomic E-state index is -4.12. The van der Waals surface area contributed by atoms with Gasteiger partial charge in [-0.1, -0.05) is 35.3 Å². The molecule has 5 rings (SSSR count). The van der Waals surface area contributed by atoms with Gasteiger partial charge in [0.25, 0.3) is 0 Å². The van der Waals surface area contributed by atoms with Gasteiger partial charge in [-0.05, 0) is 67.5 Å². The van der Waals surface area contributed by atoms with E-state index in [2.05, 4.69) is 4.98 Å². The lowest BCUT2D eigenvalue weighted by molar-refractivity contribution is -0.377. The Hall–Kier alpha value is -2.84. The topological polar surface area (TPSA) is 106 Å². The van der Waals surface area contributed by atoms with Crippen molar-refractivity contribution in [2.24, 2.45) is 5.92 Å². The van der Waals surface area contributed by atoms with Gasteiger partial charge in [-0.15, -0.1) is 11.8 Å². The fraction of sp³-hybridized carbons (Fsp3) is 0.419. The van der Waals surface area contributed by atoms with Crippen LogP contribution in [0, 0.1) is 12.8 Å². The predicted molar refractivity (Wildman–Crippen MR) is 170 cm³/mol. The third-order valence-corrected chi connectivity index (χ3v) is 11.5. The van der Waals surface area contributed by atoms with Crippen molar-refractivity contribution in [2.45, 2.75) is 49.0 Å². The molecule has 1 saturated heterocycles. The molecule has 9 nitrogen and oxygen atoms in total. The number of aromatic amines is 1. The molecule has 1 aromatic heterocycles. The van der Waals surface area contributed by atoms with Crippen molar-refractivity contribution in [3.63, 3.8) is 0 Å². The first-order chi connectivity index (χ1) is 22.0. The Kier molecular flexibility index (Phi) is 11.2. The van der Waals surface area contributed by atoms with Crippen molar-refractivity contribution >= 4 is 51.0 Å². The van der Waals surface area contributed by atoms with Gasteiger partial charge in [0.05, 0.1) is 20.3 Å². The summed E-state index contributed by atoms with van der Waals surface area (Å²) in [4.78, 5) is 16.3. The summed E-state index contributed by atoms with van der Waals surface area (Å²) in [7, 11) is -2.73. The maximum Gasteiger partial charge on any atom is 0.387 e. The highest BCUT2D eigenvalue weighted by Gasteiger charge is 2.42. The van der Waals surface area contributed by atoms with E-state index in [-0.39, 0.29) is 41.7 Å². The molecule has 1 aliphatic carbocycles. The fourth-order valence-electron chi connectivity index (χ4n) is 5.02. The molecule has 1 saturated carbocycles. The first-order valence-electron chi connectivity index (χ1n) is 14.5. The number of hydrogen-bond acceptors (Lipinski definition) is 8. The number of hydrogen-bond donors (Lipinski definition) is 0. The number of H-pyrrole nitrogens is 1. The van der Waals surface area contributed by atoms with Crippen molar-refractivity contribution in [1.29, 1.82) is 0 Å².